The SMILES string of the molecule is CCOc1ccccc1N1CCN(C(=O)C23CC4CC(C2)CC(c2ccc(OC)cc2)(C4)C3)CC1. The summed E-state index contributed by atoms with van der Waals surface area (Å²) in [4.78, 5) is 18.8. The highest BCUT2D eigenvalue weighted by atomic mass is 16.5. The number of para-hydroxylation sites is 2. The molecule has 0 N–H and O–H groups in total. The van der Waals surface area contributed by atoms with Gasteiger partial charge in [-0.3, -0.25) is 4.79 Å². The zero-order chi connectivity index (χ0) is 24.0. The maximum atomic E-state index is 14.2. The van der Waals surface area contributed by atoms with Crippen molar-refractivity contribution in [2.24, 2.45) is 17.3 Å². The number of anilines is 1. The number of benzene rings is 2. The van der Waals surface area contributed by atoms with Gasteiger partial charge in [-0.25, -0.2) is 0 Å². The van der Waals surface area contributed by atoms with Gasteiger partial charge in [-0.15, -0.1) is 0 Å². The maximum Gasteiger partial charge on any atom is 0.228 e. The lowest BCUT2D eigenvalue weighted by Gasteiger charge is -2.62. The molecule has 35 heavy (non-hydrogen) atoms. The van der Waals surface area contributed by atoms with Gasteiger partial charge in [-0.05, 0) is 92.5 Å². The Bertz CT molecular complexity index is 1060. The van der Waals surface area contributed by atoms with Crippen LogP contribution in [0.25, 0.3) is 0 Å². The molecule has 1 aliphatic heterocycles. The van der Waals surface area contributed by atoms with Gasteiger partial charge in [0.25, 0.3) is 0 Å². The first kappa shape index (κ1) is 22.8. The summed E-state index contributed by atoms with van der Waals surface area (Å²) in [5, 5.41) is 0. The predicted octanol–water partition coefficient (Wildman–Crippen LogP) is 5.28. The number of ether oxygens (including phenoxy) is 2. The van der Waals surface area contributed by atoms with Gasteiger partial charge in [-0.1, -0.05) is 24.3 Å². The Hall–Kier alpha value is -2.69. The van der Waals surface area contributed by atoms with Crippen molar-refractivity contribution in [1.29, 1.82) is 0 Å². The molecular formula is C30H38N2O3. The van der Waals surface area contributed by atoms with E-state index in [-0.39, 0.29) is 10.8 Å². The normalized spacial score (nSPS) is 31.5. The van der Waals surface area contributed by atoms with E-state index in [1.54, 1.807) is 7.11 Å². The van der Waals surface area contributed by atoms with Gasteiger partial charge >= 0.3 is 0 Å². The third kappa shape index (κ3) is 3.88. The average Bonchev–Trinajstić information content (AvgIpc) is 2.88. The Morgan fingerprint density at radius 3 is 2.29 bits per heavy atom. The summed E-state index contributed by atoms with van der Waals surface area (Å²) in [5.41, 5.74) is 2.55. The van der Waals surface area contributed by atoms with Gasteiger partial charge in [-0.2, -0.15) is 0 Å². The number of methoxy groups -OCH3 is 1. The molecule has 7 rings (SSSR count). The van der Waals surface area contributed by atoms with Gasteiger partial charge in [0.1, 0.15) is 11.5 Å². The van der Waals surface area contributed by atoms with E-state index >= 15 is 0 Å². The van der Waals surface area contributed by atoms with Crippen LogP contribution in [0.1, 0.15) is 51.0 Å². The number of hydrogen-bond donors (Lipinski definition) is 0. The first-order valence-electron chi connectivity index (χ1n) is 13.4. The van der Waals surface area contributed by atoms with Gasteiger partial charge in [0.15, 0.2) is 0 Å². The molecule has 5 heteroatoms. The van der Waals surface area contributed by atoms with Crippen molar-refractivity contribution >= 4 is 11.6 Å². The number of hydrogen-bond acceptors (Lipinski definition) is 4. The summed E-state index contributed by atoms with van der Waals surface area (Å²) < 4.78 is 11.3. The molecule has 2 unspecified atom stereocenters. The van der Waals surface area contributed by atoms with Gasteiger partial charge in [0, 0.05) is 26.2 Å². The fraction of sp³-hybridized carbons (Fsp3) is 0.567. The molecule has 1 saturated heterocycles. The predicted molar refractivity (Wildman–Crippen MR) is 138 cm³/mol. The van der Waals surface area contributed by atoms with Crippen molar-refractivity contribution in [3.05, 3.63) is 54.1 Å². The molecule has 5 aliphatic rings. The second-order valence-corrected chi connectivity index (χ2v) is 11.4. The summed E-state index contributed by atoms with van der Waals surface area (Å²) in [7, 11) is 1.72. The summed E-state index contributed by atoms with van der Waals surface area (Å²) in [6.07, 6.45) is 7.00. The Balaban J connectivity index is 1.20. The third-order valence-corrected chi connectivity index (χ3v) is 9.29. The molecule has 2 atom stereocenters. The number of rotatable bonds is 6. The molecule has 2 aromatic rings. The van der Waals surface area contributed by atoms with Crippen molar-refractivity contribution < 1.29 is 14.3 Å². The topological polar surface area (TPSA) is 42.0 Å². The molecule has 0 spiro atoms. The van der Waals surface area contributed by atoms with E-state index in [1.807, 2.05) is 19.1 Å². The zero-order valence-corrected chi connectivity index (χ0v) is 21.2. The van der Waals surface area contributed by atoms with Crippen LogP contribution < -0.4 is 14.4 Å². The van der Waals surface area contributed by atoms with E-state index in [4.69, 9.17) is 9.47 Å². The van der Waals surface area contributed by atoms with Crippen molar-refractivity contribution in [2.75, 3.05) is 44.8 Å². The highest BCUT2D eigenvalue weighted by Gasteiger charge is 2.61. The van der Waals surface area contributed by atoms with Crippen LogP contribution in [0, 0.1) is 17.3 Å². The average molecular weight is 475 g/mol. The Morgan fingerprint density at radius 1 is 0.943 bits per heavy atom. The Labute approximate surface area is 209 Å². The Morgan fingerprint density at radius 2 is 1.63 bits per heavy atom. The van der Waals surface area contributed by atoms with E-state index in [9.17, 15) is 4.79 Å². The Kier molecular flexibility index (Phi) is 5.69. The first-order valence-corrected chi connectivity index (χ1v) is 13.4. The largest absolute Gasteiger partial charge is 0.497 e. The fourth-order valence-electron chi connectivity index (χ4n) is 8.28. The zero-order valence-electron chi connectivity index (χ0n) is 21.2. The molecule has 4 aliphatic carbocycles. The lowest BCUT2D eigenvalue weighted by molar-refractivity contribution is -0.160. The molecule has 1 heterocycles. The quantitative estimate of drug-likeness (QED) is 0.571. The van der Waals surface area contributed by atoms with Gasteiger partial charge < -0.3 is 19.3 Å². The van der Waals surface area contributed by atoms with Gasteiger partial charge in [0.05, 0.1) is 24.8 Å². The van der Waals surface area contributed by atoms with Crippen molar-refractivity contribution in [2.45, 2.75) is 50.9 Å². The van der Waals surface area contributed by atoms with E-state index < -0.39 is 0 Å². The van der Waals surface area contributed by atoms with Crippen LogP contribution in [-0.2, 0) is 10.2 Å². The summed E-state index contributed by atoms with van der Waals surface area (Å²) in [6, 6.07) is 17.0. The monoisotopic (exact) mass is 474 g/mol. The third-order valence-electron chi connectivity index (χ3n) is 9.29. The molecule has 1 amide bonds. The van der Waals surface area contributed by atoms with Crippen LogP contribution in [0.4, 0.5) is 5.69 Å². The number of carbonyl (C=O) groups excluding carboxylic acids is 1. The van der Waals surface area contributed by atoms with Crippen LogP contribution in [0.15, 0.2) is 48.5 Å². The van der Waals surface area contributed by atoms with Crippen LogP contribution >= 0.6 is 0 Å². The summed E-state index contributed by atoms with van der Waals surface area (Å²) >= 11 is 0. The van der Waals surface area contributed by atoms with Crippen LogP contribution in [0.3, 0.4) is 0 Å². The molecule has 4 bridgehead atoms. The molecule has 5 nitrogen and oxygen atoms in total. The number of carbonyl (C=O) groups is 1. The minimum atomic E-state index is -0.171. The standard InChI is InChI=1S/C30H38N2O3/c1-3-35-27-7-5-4-6-26(27)31-12-14-32(15-13-31)28(33)30-19-22-16-23(20-30)18-29(17-22,21-30)24-8-10-25(34-2)11-9-24/h4-11,22-23H,3,12-21H2,1-2H3. The summed E-state index contributed by atoms with van der Waals surface area (Å²) in [6.45, 7) is 6.01. The molecule has 2 aromatic carbocycles. The van der Waals surface area contributed by atoms with E-state index in [2.05, 4.69) is 46.2 Å². The second kappa shape index (κ2) is 8.76. The van der Waals surface area contributed by atoms with E-state index in [0.29, 0.717) is 24.3 Å². The summed E-state index contributed by atoms with van der Waals surface area (Å²) in [5.74, 6) is 3.65. The molecule has 5 fully saturated rings. The molecular weight excluding hydrogens is 436 g/mol. The lowest BCUT2D eigenvalue weighted by atomic mass is 9.42. The molecule has 186 valence electrons. The minimum absolute atomic E-state index is 0.157. The van der Waals surface area contributed by atoms with E-state index in [1.165, 1.54) is 24.8 Å². The highest BCUT2D eigenvalue weighted by Crippen LogP contribution is 2.66. The first-order chi connectivity index (χ1) is 17.0. The lowest BCUT2D eigenvalue weighted by Crippen LogP contribution is -2.61. The van der Waals surface area contributed by atoms with Crippen molar-refractivity contribution in [1.82, 2.24) is 4.90 Å². The fourth-order valence-corrected chi connectivity index (χ4v) is 8.28. The molecule has 4 saturated carbocycles. The van der Waals surface area contributed by atoms with E-state index in [0.717, 1.165) is 62.6 Å². The number of amides is 1. The van der Waals surface area contributed by atoms with Crippen LogP contribution in [-0.4, -0.2) is 50.7 Å². The minimum Gasteiger partial charge on any atom is -0.497 e. The number of piperazine rings is 1. The maximum absolute atomic E-state index is 14.2. The van der Waals surface area contributed by atoms with Crippen molar-refractivity contribution in [3.8, 4) is 11.5 Å². The van der Waals surface area contributed by atoms with Crippen molar-refractivity contribution in [3.63, 3.8) is 0 Å². The smallest absolute Gasteiger partial charge is 0.228 e. The van der Waals surface area contributed by atoms with Crippen LogP contribution in [0.2, 0.25) is 0 Å². The molecule has 0 aromatic heterocycles. The second-order valence-electron chi connectivity index (χ2n) is 11.4. The van der Waals surface area contributed by atoms with Gasteiger partial charge in [0.2, 0.25) is 5.91 Å². The highest BCUT2D eigenvalue weighted by molar-refractivity contribution is 5.84. The number of nitrogens with zero attached hydrogens (tertiary/aromatic N) is 2. The molecule has 0 radical (unpaired) electrons. The van der Waals surface area contributed by atoms with Crippen LogP contribution in [0.5, 0.6) is 11.5 Å².